The van der Waals surface area contributed by atoms with Gasteiger partial charge in [0.1, 0.15) is 65.1 Å². The summed E-state index contributed by atoms with van der Waals surface area (Å²) in [6, 6.07) is -3.88. The van der Waals surface area contributed by atoms with E-state index in [4.69, 9.17) is 28.4 Å². The second kappa shape index (κ2) is 16.5. The van der Waals surface area contributed by atoms with Gasteiger partial charge in [0.2, 0.25) is 0 Å². The van der Waals surface area contributed by atoms with E-state index in [9.17, 15) is 39.6 Å². The van der Waals surface area contributed by atoms with E-state index in [1.54, 1.807) is 83.1 Å². The molecule has 0 aromatic carbocycles. The number of aliphatic hydroxyl groups is 4. The number of hydrogen-bond donors (Lipinski definition) is 8. The Morgan fingerprint density at radius 3 is 1.46 bits per heavy atom. The molecule has 1 saturated heterocycles. The minimum atomic E-state index is -1.82. The molecule has 0 spiro atoms. The molecular weight excluding hydrogens is 664 g/mol. The highest BCUT2D eigenvalue weighted by Gasteiger charge is 2.52. The van der Waals surface area contributed by atoms with Crippen molar-refractivity contribution >= 4 is 24.4 Å². The van der Waals surface area contributed by atoms with Crippen molar-refractivity contribution in [3.63, 3.8) is 0 Å². The molecule has 1 aliphatic carbocycles. The summed E-state index contributed by atoms with van der Waals surface area (Å²) in [5.74, 6) is 0. The number of nitrogens with one attached hydrogen (secondary N) is 4. The second-order valence-corrected chi connectivity index (χ2v) is 16.4. The van der Waals surface area contributed by atoms with Crippen molar-refractivity contribution in [2.45, 2.75) is 173 Å². The van der Waals surface area contributed by atoms with Gasteiger partial charge in [-0.2, -0.15) is 0 Å². The number of alkyl carbamates (subject to hydrolysis) is 4. The minimum absolute atomic E-state index is 0.215. The molecule has 2 rings (SSSR count). The van der Waals surface area contributed by atoms with Crippen LogP contribution in [0.1, 0.15) is 89.5 Å². The Labute approximate surface area is 293 Å². The van der Waals surface area contributed by atoms with E-state index in [1.807, 2.05) is 0 Å². The van der Waals surface area contributed by atoms with Crippen LogP contribution in [0, 0.1) is 0 Å². The van der Waals surface area contributed by atoms with E-state index in [0.717, 1.165) is 0 Å². The standard InChI is InChI=1S/C32H58N4O14/c1-29(2,3)47-25(41)33-14-17-20(38)21(39)18(36-28(44)50-32(10,11)12)24(45-17)46-23-16(35-27(43)49-31(7,8)9)13-15(19(37)22(23)40)34-26(42)48-30(4,5)6/h15-24,37-40H,13-14H2,1-12H3,(H,33,41)(H,34,42)(H,35,43)(H,36,44)/t15-,16+,17-,18-,19+,20-,21-,22-,23-,24-/m1/s1. The zero-order valence-corrected chi connectivity index (χ0v) is 31.1. The molecule has 4 amide bonds. The van der Waals surface area contributed by atoms with E-state index >= 15 is 0 Å². The SMILES string of the molecule is CC(C)(C)OC(=O)NC[C@H]1O[C@H](O[C@H]2[C@H](O)[C@@H](O)[C@H](NC(=O)OC(C)(C)C)C[C@@H]2NC(=O)OC(C)(C)C)[C@H](NC(=O)OC(C)(C)C)[C@@H](O)[C@@H]1O. The molecule has 290 valence electrons. The lowest BCUT2D eigenvalue weighted by Crippen LogP contribution is -2.70. The Hall–Kier alpha value is -3.16. The van der Waals surface area contributed by atoms with Gasteiger partial charge in [0.25, 0.3) is 0 Å². The van der Waals surface area contributed by atoms with Crippen LogP contribution in [0.2, 0.25) is 0 Å². The number of rotatable bonds is 7. The molecule has 2 aliphatic rings. The van der Waals surface area contributed by atoms with E-state index < -0.39 is 108 Å². The lowest BCUT2D eigenvalue weighted by molar-refractivity contribution is -0.293. The first kappa shape index (κ1) is 43.0. The summed E-state index contributed by atoms with van der Waals surface area (Å²) in [6.45, 7) is 19.2. The van der Waals surface area contributed by atoms with Gasteiger partial charge < -0.3 is 70.1 Å². The fourth-order valence-electron chi connectivity index (χ4n) is 5.06. The summed E-state index contributed by atoms with van der Waals surface area (Å²) in [4.78, 5) is 50.7. The Morgan fingerprint density at radius 1 is 0.580 bits per heavy atom. The maximum Gasteiger partial charge on any atom is 0.408 e. The molecule has 2 fully saturated rings. The highest BCUT2D eigenvalue weighted by Crippen LogP contribution is 2.30. The van der Waals surface area contributed by atoms with Crippen LogP contribution in [0.15, 0.2) is 0 Å². The van der Waals surface area contributed by atoms with Gasteiger partial charge in [0.15, 0.2) is 6.29 Å². The smallest absolute Gasteiger partial charge is 0.408 e. The summed E-state index contributed by atoms with van der Waals surface area (Å²) in [7, 11) is 0. The minimum Gasteiger partial charge on any atom is -0.444 e. The maximum atomic E-state index is 12.9. The van der Waals surface area contributed by atoms with Gasteiger partial charge in [-0.1, -0.05) is 0 Å². The quantitative estimate of drug-likeness (QED) is 0.172. The molecular formula is C32H58N4O14. The average molecular weight is 723 g/mol. The topological polar surface area (TPSA) is 253 Å². The first-order valence-electron chi connectivity index (χ1n) is 16.5. The van der Waals surface area contributed by atoms with E-state index in [0.29, 0.717) is 0 Å². The van der Waals surface area contributed by atoms with E-state index in [-0.39, 0.29) is 13.0 Å². The molecule has 0 aromatic heterocycles. The van der Waals surface area contributed by atoms with Gasteiger partial charge >= 0.3 is 24.4 Å². The van der Waals surface area contributed by atoms with Gasteiger partial charge in [-0.25, -0.2) is 19.2 Å². The third-order valence-corrected chi connectivity index (χ3v) is 6.93. The summed E-state index contributed by atoms with van der Waals surface area (Å²) < 4.78 is 33.3. The number of carbonyl (C=O) groups is 4. The van der Waals surface area contributed by atoms with Crippen molar-refractivity contribution in [2.24, 2.45) is 0 Å². The lowest BCUT2D eigenvalue weighted by Gasteiger charge is -2.47. The van der Waals surface area contributed by atoms with Gasteiger partial charge in [-0.05, 0) is 89.5 Å². The molecule has 50 heavy (non-hydrogen) atoms. The van der Waals surface area contributed by atoms with Crippen LogP contribution >= 0.6 is 0 Å². The van der Waals surface area contributed by atoms with Crippen LogP contribution < -0.4 is 21.3 Å². The first-order chi connectivity index (χ1) is 22.5. The maximum absolute atomic E-state index is 12.9. The zero-order chi connectivity index (χ0) is 38.6. The van der Waals surface area contributed by atoms with Gasteiger partial charge in [0, 0.05) is 6.54 Å². The molecule has 1 heterocycles. The molecule has 8 N–H and O–H groups in total. The third-order valence-electron chi connectivity index (χ3n) is 6.93. The van der Waals surface area contributed by atoms with Gasteiger partial charge in [0.05, 0.1) is 12.1 Å². The molecule has 1 aliphatic heterocycles. The molecule has 0 bridgehead atoms. The lowest BCUT2D eigenvalue weighted by atomic mass is 9.83. The van der Waals surface area contributed by atoms with E-state index in [1.165, 1.54) is 0 Å². The largest absolute Gasteiger partial charge is 0.444 e. The van der Waals surface area contributed by atoms with Crippen LogP contribution in [0.25, 0.3) is 0 Å². The number of aliphatic hydroxyl groups excluding tert-OH is 4. The molecule has 0 radical (unpaired) electrons. The molecule has 18 nitrogen and oxygen atoms in total. The second-order valence-electron chi connectivity index (χ2n) is 16.4. The first-order valence-corrected chi connectivity index (χ1v) is 16.5. The van der Waals surface area contributed by atoms with Crippen molar-refractivity contribution in [3.05, 3.63) is 0 Å². The fourth-order valence-corrected chi connectivity index (χ4v) is 5.06. The summed E-state index contributed by atoms with van der Waals surface area (Å²) in [5.41, 5.74) is -3.60. The number of hydrogen-bond acceptors (Lipinski definition) is 14. The zero-order valence-electron chi connectivity index (χ0n) is 31.1. The van der Waals surface area contributed by atoms with Crippen molar-refractivity contribution in [3.8, 4) is 0 Å². The van der Waals surface area contributed by atoms with E-state index in [2.05, 4.69) is 21.3 Å². The number of amides is 4. The van der Waals surface area contributed by atoms with Crippen molar-refractivity contribution in [1.82, 2.24) is 21.3 Å². The Morgan fingerprint density at radius 2 is 1.00 bits per heavy atom. The van der Waals surface area contributed by atoms with Crippen LogP contribution in [0.4, 0.5) is 19.2 Å². The number of ether oxygens (including phenoxy) is 6. The Kier molecular flexibility index (Phi) is 14.2. The monoisotopic (exact) mass is 722 g/mol. The predicted molar refractivity (Wildman–Crippen MR) is 176 cm³/mol. The molecule has 0 unspecified atom stereocenters. The van der Waals surface area contributed by atoms with Crippen molar-refractivity contribution in [2.75, 3.05) is 6.54 Å². The van der Waals surface area contributed by atoms with Gasteiger partial charge in [-0.3, -0.25) is 0 Å². The highest BCUT2D eigenvalue weighted by molar-refractivity contribution is 5.70. The fraction of sp³-hybridized carbons (Fsp3) is 0.875. The molecule has 0 aromatic rings. The van der Waals surface area contributed by atoms with Gasteiger partial charge in [-0.15, -0.1) is 0 Å². The van der Waals surface area contributed by atoms with Crippen LogP contribution in [0.3, 0.4) is 0 Å². The van der Waals surface area contributed by atoms with Crippen LogP contribution in [-0.4, -0.2) is 135 Å². The van der Waals surface area contributed by atoms with Crippen LogP contribution in [-0.2, 0) is 28.4 Å². The van der Waals surface area contributed by atoms with Crippen molar-refractivity contribution < 1.29 is 68.0 Å². The number of carbonyl (C=O) groups excluding carboxylic acids is 4. The Bertz CT molecular complexity index is 1170. The summed E-state index contributed by atoms with van der Waals surface area (Å²) in [5, 5.41) is 54.6. The van der Waals surface area contributed by atoms with Crippen molar-refractivity contribution in [1.29, 1.82) is 0 Å². The highest BCUT2D eigenvalue weighted by atomic mass is 16.7. The average Bonchev–Trinajstić information content (AvgIpc) is 2.88. The van der Waals surface area contributed by atoms with Crippen LogP contribution in [0.5, 0.6) is 0 Å². The molecule has 10 atom stereocenters. The molecule has 18 heteroatoms. The molecule has 1 saturated carbocycles. The summed E-state index contributed by atoms with van der Waals surface area (Å²) in [6.07, 6.45) is -15.4. The predicted octanol–water partition coefficient (Wildman–Crippen LogP) is 1.15. The Balaban J connectivity index is 2.45. The summed E-state index contributed by atoms with van der Waals surface area (Å²) >= 11 is 0. The third kappa shape index (κ3) is 14.2. The normalized spacial score (nSPS) is 30.7.